The van der Waals surface area contributed by atoms with E-state index in [1.165, 1.54) is 31.5 Å². The molecule has 0 amide bonds. The summed E-state index contributed by atoms with van der Waals surface area (Å²) in [7, 11) is 2.23. The van der Waals surface area contributed by atoms with E-state index in [2.05, 4.69) is 40.9 Å². The lowest BCUT2D eigenvalue weighted by Gasteiger charge is -2.47. The van der Waals surface area contributed by atoms with Gasteiger partial charge in [0.2, 0.25) is 0 Å². The van der Waals surface area contributed by atoms with E-state index in [1.807, 2.05) is 12.4 Å². The molecule has 20 heavy (non-hydrogen) atoms. The van der Waals surface area contributed by atoms with Crippen LogP contribution in [0.3, 0.4) is 0 Å². The summed E-state index contributed by atoms with van der Waals surface area (Å²) in [6.45, 7) is 7.56. The van der Waals surface area contributed by atoms with Crippen LogP contribution in [0.15, 0.2) is 24.5 Å². The fraction of sp³-hybridized carbons (Fsp3) is 0.688. The maximum absolute atomic E-state index is 6.12. The second-order valence-electron chi connectivity index (χ2n) is 5.89. The second-order valence-corrected chi connectivity index (χ2v) is 5.89. The number of likely N-dealkylation sites (N-methyl/N-ethyl adjacent to an activating group) is 1. The lowest BCUT2D eigenvalue weighted by Crippen LogP contribution is -2.58. The average Bonchev–Trinajstić information content (AvgIpc) is 2.53. The van der Waals surface area contributed by atoms with Crippen molar-refractivity contribution in [2.75, 3.05) is 39.8 Å². The van der Waals surface area contributed by atoms with Crippen molar-refractivity contribution in [2.45, 2.75) is 31.7 Å². The molecule has 1 fully saturated rings. The zero-order chi connectivity index (χ0) is 14.4. The highest BCUT2D eigenvalue weighted by atomic mass is 15.2. The summed E-state index contributed by atoms with van der Waals surface area (Å²) in [6.07, 6.45) is 7.17. The molecule has 1 aliphatic heterocycles. The first kappa shape index (κ1) is 15.4. The minimum Gasteiger partial charge on any atom is -0.329 e. The van der Waals surface area contributed by atoms with Crippen LogP contribution in [0.1, 0.15) is 25.3 Å². The third-order valence-corrected chi connectivity index (χ3v) is 4.91. The van der Waals surface area contributed by atoms with Crippen LogP contribution in [0.25, 0.3) is 0 Å². The number of nitrogens with two attached hydrogens (primary N) is 1. The molecule has 0 atom stereocenters. The van der Waals surface area contributed by atoms with Crippen LogP contribution in [-0.2, 0) is 6.42 Å². The highest BCUT2D eigenvalue weighted by Crippen LogP contribution is 2.27. The largest absolute Gasteiger partial charge is 0.329 e. The topological polar surface area (TPSA) is 45.4 Å². The van der Waals surface area contributed by atoms with Crippen LogP contribution >= 0.6 is 0 Å². The molecule has 1 aromatic rings. The lowest BCUT2D eigenvalue weighted by atomic mass is 9.85. The van der Waals surface area contributed by atoms with E-state index >= 15 is 0 Å². The summed E-state index contributed by atoms with van der Waals surface area (Å²) in [5.74, 6) is 0. The molecule has 0 spiro atoms. The quantitative estimate of drug-likeness (QED) is 0.852. The fourth-order valence-corrected chi connectivity index (χ4v) is 3.11. The average molecular weight is 276 g/mol. The number of piperidine rings is 1. The molecular formula is C16H28N4. The van der Waals surface area contributed by atoms with Crippen LogP contribution < -0.4 is 5.73 Å². The molecule has 0 radical (unpaired) electrons. The van der Waals surface area contributed by atoms with E-state index in [4.69, 9.17) is 5.73 Å². The Bertz CT molecular complexity index is 385. The van der Waals surface area contributed by atoms with E-state index in [1.54, 1.807) is 0 Å². The molecule has 1 aliphatic rings. The highest BCUT2D eigenvalue weighted by molar-refractivity contribution is 5.10. The summed E-state index contributed by atoms with van der Waals surface area (Å²) < 4.78 is 0. The highest BCUT2D eigenvalue weighted by Gasteiger charge is 2.36. The molecule has 4 nitrogen and oxygen atoms in total. The van der Waals surface area contributed by atoms with Gasteiger partial charge >= 0.3 is 0 Å². The van der Waals surface area contributed by atoms with E-state index in [9.17, 15) is 0 Å². The van der Waals surface area contributed by atoms with Crippen LogP contribution in [0.5, 0.6) is 0 Å². The number of hydrogen-bond acceptors (Lipinski definition) is 4. The third kappa shape index (κ3) is 3.57. The van der Waals surface area contributed by atoms with Crippen molar-refractivity contribution in [3.63, 3.8) is 0 Å². The van der Waals surface area contributed by atoms with Crippen molar-refractivity contribution in [3.05, 3.63) is 30.1 Å². The molecule has 0 unspecified atom stereocenters. The number of pyridine rings is 1. The van der Waals surface area contributed by atoms with Gasteiger partial charge < -0.3 is 10.6 Å². The summed E-state index contributed by atoms with van der Waals surface area (Å²) in [5, 5.41) is 0. The minimum absolute atomic E-state index is 0.193. The van der Waals surface area contributed by atoms with Gasteiger partial charge in [0.15, 0.2) is 0 Å². The molecule has 0 bridgehead atoms. The third-order valence-electron chi connectivity index (χ3n) is 4.91. The van der Waals surface area contributed by atoms with Gasteiger partial charge in [-0.15, -0.1) is 0 Å². The van der Waals surface area contributed by atoms with Gasteiger partial charge in [0.25, 0.3) is 0 Å². The Kier molecular flexibility index (Phi) is 5.52. The van der Waals surface area contributed by atoms with Gasteiger partial charge in [0.05, 0.1) is 0 Å². The standard InChI is InChI=1S/C16H28N4/c1-3-20-12-7-16(14-17,8-13-20)19(2)11-6-15-4-9-18-10-5-15/h4-5,9-10H,3,6-8,11-14,17H2,1-2H3. The molecular weight excluding hydrogens is 248 g/mol. The van der Waals surface area contributed by atoms with E-state index in [0.29, 0.717) is 0 Å². The van der Waals surface area contributed by atoms with E-state index in [-0.39, 0.29) is 5.54 Å². The summed E-state index contributed by atoms with van der Waals surface area (Å²) >= 11 is 0. The summed E-state index contributed by atoms with van der Waals surface area (Å²) in [6, 6.07) is 4.20. The van der Waals surface area contributed by atoms with Crippen molar-refractivity contribution < 1.29 is 0 Å². The molecule has 4 heteroatoms. The van der Waals surface area contributed by atoms with Gasteiger partial charge in [0, 0.05) is 31.0 Å². The smallest absolute Gasteiger partial charge is 0.0353 e. The Morgan fingerprint density at radius 2 is 1.95 bits per heavy atom. The van der Waals surface area contributed by atoms with Crippen molar-refractivity contribution >= 4 is 0 Å². The Balaban J connectivity index is 1.90. The zero-order valence-electron chi connectivity index (χ0n) is 12.9. The van der Waals surface area contributed by atoms with Crippen molar-refractivity contribution in [3.8, 4) is 0 Å². The number of nitrogens with zero attached hydrogens (tertiary/aromatic N) is 3. The second kappa shape index (κ2) is 7.16. The predicted molar refractivity (Wildman–Crippen MR) is 83.7 cm³/mol. The Labute approximate surface area is 123 Å². The predicted octanol–water partition coefficient (Wildman–Crippen LogP) is 1.37. The molecule has 0 saturated carbocycles. The molecule has 0 aromatic carbocycles. The monoisotopic (exact) mass is 276 g/mol. The van der Waals surface area contributed by atoms with Crippen LogP contribution in [0.4, 0.5) is 0 Å². The van der Waals surface area contributed by atoms with Gasteiger partial charge in [0.1, 0.15) is 0 Å². The maximum atomic E-state index is 6.12. The van der Waals surface area contributed by atoms with Gasteiger partial charge in [-0.3, -0.25) is 9.88 Å². The normalized spacial score (nSPS) is 19.4. The van der Waals surface area contributed by atoms with Crippen LogP contribution in [-0.4, -0.2) is 60.1 Å². The molecule has 2 rings (SSSR count). The zero-order valence-corrected chi connectivity index (χ0v) is 12.9. The molecule has 2 heterocycles. The molecule has 2 N–H and O–H groups in total. The lowest BCUT2D eigenvalue weighted by molar-refractivity contribution is 0.0479. The van der Waals surface area contributed by atoms with Crippen molar-refractivity contribution in [1.29, 1.82) is 0 Å². The Morgan fingerprint density at radius 1 is 1.30 bits per heavy atom. The van der Waals surface area contributed by atoms with Gasteiger partial charge in [-0.2, -0.15) is 0 Å². The Hall–Kier alpha value is -0.970. The number of rotatable bonds is 6. The van der Waals surface area contributed by atoms with Crippen LogP contribution in [0, 0.1) is 0 Å². The van der Waals surface area contributed by atoms with Gasteiger partial charge in [-0.1, -0.05) is 6.92 Å². The SMILES string of the molecule is CCN1CCC(CN)(N(C)CCc2ccncc2)CC1. The molecule has 1 saturated heterocycles. The first-order valence-corrected chi connectivity index (χ1v) is 7.73. The maximum Gasteiger partial charge on any atom is 0.0353 e. The first-order chi connectivity index (χ1) is 9.70. The fourth-order valence-electron chi connectivity index (χ4n) is 3.11. The van der Waals surface area contributed by atoms with Crippen LogP contribution in [0.2, 0.25) is 0 Å². The minimum atomic E-state index is 0.193. The first-order valence-electron chi connectivity index (χ1n) is 7.73. The number of hydrogen-bond donors (Lipinski definition) is 1. The van der Waals surface area contributed by atoms with Crippen molar-refractivity contribution in [2.24, 2.45) is 5.73 Å². The Morgan fingerprint density at radius 3 is 2.50 bits per heavy atom. The van der Waals surface area contributed by atoms with Crippen molar-refractivity contribution in [1.82, 2.24) is 14.8 Å². The van der Waals surface area contributed by atoms with E-state index < -0.39 is 0 Å². The summed E-state index contributed by atoms with van der Waals surface area (Å²) in [4.78, 5) is 9.08. The van der Waals surface area contributed by atoms with Gasteiger partial charge in [-0.25, -0.2) is 0 Å². The summed E-state index contributed by atoms with van der Waals surface area (Å²) in [5.41, 5.74) is 7.67. The molecule has 1 aromatic heterocycles. The van der Waals surface area contributed by atoms with E-state index in [0.717, 1.165) is 26.1 Å². The molecule has 0 aliphatic carbocycles. The number of likely N-dealkylation sites (tertiary alicyclic amines) is 1. The van der Waals surface area contributed by atoms with Gasteiger partial charge in [-0.05, 0) is 63.6 Å². The molecule has 112 valence electrons. The number of aromatic nitrogens is 1.